The summed E-state index contributed by atoms with van der Waals surface area (Å²) < 4.78 is 11.3. The third-order valence-electron chi connectivity index (χ3n) is 4.06. The molecule has 0 aliphatic heterocycles. The van der Waals surface area contributed by atoms with Crippen molar-refractivity contribution in [2.75, 3.05) is 18.5 Å². The first-order chi connectivity index (χ1) is 14.0. The largest absolute Gasteiger partial charge is 0.494 e. The van der Waals surface area contributed by atoms with E-state index in [2.05, 4.69) is 31.4 Å². The van der Waals surface area contributed by atoms with E-state index in [9.17, 15) is 4.79 Å². The molecule has 0 fully saturated rings. The van der Waals surface area contributed by atoms with Crippen LogP contribution in [-0.4, -0.2) is 24.2 Å². The van der Waals surface area contributed by atoms with E-state index in [1.807, 2.05) is 24.3 Å². The van der Waals surface area contributed by atoms with Gasteiger partial charge in [-0.05, 0) is 73.1 Å². The number of rotatable bonds is 10. The van der Waals surface area contributed by atoms with E-state index in [-0.39, 0.29) is 11.0 Å². The summed E-state index contributed by atoms with van der Waals surface area (Å²) in [5, 5.41) is 5.93. The van der Waals surface area contributed by atoms with Gasteiger partial charge in [0.2, 0.25) is 0 Å². The molecule has 0 atom stereocenters. The summed E-state index contributed by atoms with van der Waals surface area (Å²) in [6.45, 7) is 7.72. The fourth-order valence-corrected chi connectivity index (χ4v) is 2.69. The van der Waals surface area contributed by atoms with E-state index in [4.69, 9.17) is 21.7 Å². The number of carbonyl (C=O) groups excluding carboxylic acids is 1. The highest BCUT2D eigenvalue weighted by molar-refractivity contribution is 7.80. The number of amides is 1. The van der Waals surface area contributed by atoms with E-state index in [1.165, 1.54) is 0 Å². The van der Waals surface area contributed by atoms with Gasteiger partial charge < -0.3 is 14.8 Å². The SMILES string of the molecule is CCCCCOc1ccc(C(=O)NC(=S)Nc2ccc(OCC(C)C)cc2)cc1. The van der Waals surface area contributed by atoms with Crippen molar-refractivity contribution < 1.29 is 14.3 Å². The lowest BCUT2D eigenvalue weighted by Crippen LogP contribution is -2.34. The predicted molar refractivity (Wildman–Crippen MR) is 122 cm³/mol. The van der Waals surface area contributed by atoms with Crippen molar-refractivity contribution in [3.63, 3.8) is 0 Å². The number of ether oxygens (including phenoxy) is 2. The van der Waals surface area contributed by atoms with Gasteiger partial charge in [-0.3, -0.25) is 10.1 Å². The maximum atomic E-state index is 12.4. The maximum absolute atomic E-state index is 12.4. The van der Waals surface area contributed by atoms with E-state index < -0.39 is 0 Å². The molecule has 0 saturated carbocycles. The number of unbranched alkanes of at least 4 members (excludes halogenated alkanes) is 2. The molecule has 5 nitrogen and oxygen atoms in total. The second-order valence-electron chi connectivity index (χ2n) is 7.22. The van der Waals surface area contributed by atoms with Gasteiger partial charge in [-0.25, -0.2) is 0 Å². The van der Waals surface area contributed by atoms with Crippen LogP contribution in [-0.2, 0) is 0 Å². The molecule has 0 aliphatic rings. The van der Waals surface area contributed by atoms with Crippen molar-refractivity contribution >= 4 is 28.9 Å². The molecule has 1 amide bonds. The van der Waals surface area contributed by atoms with Crippen molar-refractivity contribution in [2.45, 2.75) is 40.0 Å². The normalized spacial score (nSPS) is 10.5. The Hall–Kier alpha value is -2.60. The summed E-state index contributed by atoms with van der Waals surface area (Å²) in [6.07, 6.45) is 3.34. The Morgan fingerprint density at radius 3 is 2.21 bits per heavy atom. The molecule has 0 spiro atoms. The Labute approximate surface area is 178 Å². The molecular weight excluding hydrogens is 384 g/mol. The van der Waals surface area contributed by atoms with Gasteiger partial charge in [0.05, 0.1) is 13.2 Å². The van der Waals surface area contributed by atoms with Crippen LogP contribution < -0.4 is 20.1 Å². The highest BCUT2D eigenvalue weighted by Crippen LogP contribution is 2.17. The fraction of sp³-hybridized carbons (Fsp3) is 0.391. The van der Waals surface area contributed by atoms with Gasteiger partial charge in [0.25, 0.3) is 5.91 Å². The minimum absolute atomic E-state index is 0.241. The van der Waals surface area contributed by atoms with Crippen LogP contribution in [0.5, 0.6) is 11.5 Å². The molecule has 2 aromatic rings. The minimum atomic E-state index is -0.267. The second kappa shape index (κ2) is 12.1. The van der Waals surface area contributed by atoms with Gasteiger partial charge in [-0.2, -0.15) is 0 Å². The minimum Gasteiger partial charge on any atom is -0.494 e. The average molecular weight is 415 g/mol. The summed E-state index contributed by atoms with van der Waals surface area (Å²) in [7, 11) is 0. The Kier molecular flexibility index (Phi) is 9.44. The Morgan fingerprint density at radius 2 is 1.59 bits per heavy atom. The molecule has 2 aromatic carbocycles. The summed E-state index contributed by atoms with van der Waals surface area (Å²) in [4.78, 5) is 12.4. The monoisotopic (exact) mass is 414 g/mol. The summed E-state index contributed by atoms with van der Waals surface area (Å²) in [5.41, 5.74) is 1.30. The third-order valence-corrected chi connectivity index (χ3v) is 4.26. The lowest BCUT2D eigenvalue weighted by molar-refractivity contribution is 0.0977. The molecule has 156 valence electrons. The Bertz CT molecular complexity index is 774. The van der Waals surface area contributed by atoms with Crippen LogP contribution in [0, 0.1) is 5.92 Å². The van der Waals surface area contributed by atoms with Crippen molar-refractivity contribution in [1.29, 1.82) is 0 Å². The second-order valence-corrected chi connectivity index (χ2v) is 7.63. The van der Waals surface area contributed by atoms with Crippen molar-refractivity contribution in [1.82, 2.24) is 5.32 Å². The van der Waals surface area contributed by atoms with Gasteiger partial charge in [0.1, 0.15) is 11.5 Å². The van der Waals surface area contributed by atoms with Crippen LogP contribution in [0.1, 0.15) is 50.4 Å². The Morgan fingerprint density at radius 1 is 0.966 bits per heavy atom. The topological polar surface area (TPSA) is 59.6 Å². The van der Waals surface area contributed by atoms with E-state index in [0.717, 1.165) is 36.4 Å². The molecule has 2 rings (SSSR count). The molecule has 6 heteroatoms. The number of thiocarbonyl (C=S) groups is 1. The van der Waals surface area contributed by atoms with Gasteiger partial charge in [-0.1, -0.05) is 33.6 Å². The summed E-state index contributed by atoms with van der Waals surface area (Å²) in [6, 6.07) is 14.5. The van der Waals surface area contributed by atoms with E-state index in [1.54, 1.807) is 24.3 Å². The number of hydrogen-bond acceptors (Lipinski definition) is 4. The first kappa shape index (κ1) is 22.7. The number of anilines is 1. The van der Waals surface area contributed by atoms with Crippen LogP contribution in [0.15, 0.2) is 48.5 Å². The lowest BCUT2D eigenvalue weighted by atomic mass is 10.2. The van der Waals surface area contributed by atoms with E-state index in [0.29, 0.717) is 24.7 Å². The molecule has 0 saturated heterocycles. The fourth-order valence-electron chi connectivity index (χ4n) is 2.48. The van der Waals surface area contributed by atoms with Gasteiger partial charge >= 0.3 is 0 Å². The maximum Gasteiger partial charge on any atom is 0.257 e. The van der Waals surface area contributed by atoms with Crippen LogP contribution in [0.25, 0.3) is 0 Å². The quantitative estimate of drug-likeness (QED) is 0.402. The number of benzene rings is 2. The third kappa shape index (κ3) is 8.52. The first-order valence-electron chi connectivity index (χ1n) is 10.1. The average Bonchev–Trinajstić information content (AvgIpc) is 2.71. The molecule has 0 radical (unpaired) electrons. The van der Waals surface area contributed by atoms with Gasteiger partial charge in [0, 0.05) is 11.3 Å². The predicted octanol–water partition coefficient (Wildman–Crippen LogP) is 5.42. The Balaban J connectivity index is 1.80. The van der Waals surface area contributed by atoms with Gasteiger partial charge in [0.15, 0.2) is 5.11 Å². The lowest BCUT2D eigenvalue weighted by Gasteiger charge is -2.12. The highest BCUT2D eigenvalue weighted by Gasteiger charge is 2.08. The van der Waals surface area contributed by atoms with Crippen molar-refractivity contribution in [2.24, 2.45) is 5.92 Å². The molecule has 29 heavy (non-hydrogen) atoms. The smallest absolute Gasteiger partial charge is 0.257 e. The summed E-state index contributed by atoms with van der Waals surface area (Å²) in [5.74, 6) is 1.77. The van der Waals surface area contributed by atoms with Crippen LogP contribution in [0.4, 0.5) is 5.69 Å². The zero-order valence-electron chi connectivity index (χ0n) is 17.4. The molecule has 0 aliphatic carbocycles. The molecule has 0 bridgehead atoms. The first-order valence-corrected chi connectivity index (χ1v) is 10.5. The highest BCUT2D eigenvalue weighted by atomic mass is 32.1. The molecule has 0 aromatic heterocycles. The molecule has 0 heterocycles. The number of nitrogens with one attached hydrogen (secondary N) is 2. The van der Waals surface area contributed by atoms with Crippen molar-refractivity contribution in [3.8, 4) is 11.5 Å². The van der Waals surface area contributed by atoms with Crippen LogP contribution in [0.3, 0.4) is 0 Å². The van der Waals surface area contributed by atoms with Gasteiger partial charge in [-0.15, -0.1) is 0 Å². The molecular formula is C23H30N2O3S. The zero-order chi connectivity index (χ0) is 21.1. The van der Waals surface area contributed by atoms with Crippen LogP contribution >= 0.6 is 12.2 Å². The number of hydrogen-bond donors (Lipinski definition) is 2. The van der Waals surface area contributed by atoms with Crippen LogP contribution in [0.2, 0.25) is 0 Å². The van der Waals surface area contributed by atoms with E-state index >= 15 is 0 Å². The summed E-state index contributed by atoms with van der Waals surface area (Å²) >= 11 is 5.24. The zero-order valence-corrected chi connectivity index (χ0v) is 18.2. The number of carbonyl (C=O) groups is 1. The standard InChI is InChI=1S/C23H30N2O3S/c1-4-5-6-15-27-20-11-7-18(8-12-20)22(26)25-23(29)24-19-9-13-21(14-10-19)28-16-17(2)3/h7-14,17H,4-6,15-16H2,1-3H3,(H2,24,25,26,29). The molecule has 2 N–H and O–H groups in total. The molecule has 0 unspecified atom stereocenters. The van der Waals surface area contributed by atoms with Crippen molar-refractivity contribution in [3.05, 3.63) is 54.1 Å².